The second-order valence-electron chi connectivity index (χ2n) is 15.3. The molecule has 11 rings (SSSR count). The number of hydrogen-bond donors (Lipinski definition) is 0. The third-order valence-electron chi connectivity index (χ3n) is 11.7. The molecule has 0 aliphatic carbocycles. The minimum atomic E-state index is 0.880. The second kappa shape index (κ2) is 15.1. The van der Waals surface area contributed by atoms with Crippen LogP contribution in [0.5, 0.6) is 0 Å². The number of fused-ring (bicyclic) bond motifs is 3. The van der Waals surface area contributed by atoms with Gasteiger partial charge in [0, 0.05) is 33.6 Å². The van der Waals surface area contributed by atoms with E-state index in [0.717, 1.165) is 61.6 Å². The first-order valence-corrected chi connectivity index (χ1v) is 20.5. The van der Waals surface area contributed by atoms with Crippen molar-refractivity contribution in [3.8, 4) is 55.8 Å². The zero-order valence-electron chi connectivity index (χ0n) is 32.9. The van der Waals surface area contributed by atoms with Crippen LogP contribution in [0.2, 0.25) is 0 Å². The predicted octanol–water partition coefficient (Wildman–Crippen LogP) is 16.5. The number of furan rings is 1. The molecule has 10 aromatic carbocycles. The molecular formula is C58H39NO. The lowest BCUT2D eigenvalue weighted by atomic mass is 9.96. The van der Waals surface area contributed by atoms with E-state index in [-0.39, 0.29) is 0 Å². The van der Waals surface area contributed by atoms with Gasteiger partial charge in [-0.2, -0.15) is 0 Å². The molecule has 0 fully saturated rings. The van der Waals surface area contributed by atoms with E-state index in [2.05, 4.69) is 229 Å². The molecule has 0 spiro atoms. The summed E-state index contributed by atoms with van der Waals surface area (Å²) in [6.07, 6.45) is 0. The van der Waals surface area contributed by atoms with E-state index in [1.807, 2.05) is 12.1 Å². The van der Waals surface area contributed by atoms with Gasteiger partial charge in [-0.05, 0) is 115 Å². The van der Waals surface area contributed by atoms with Gasteiger partial charge in [-0.15, -0.1) is 0 Å². The Labute approximate surface area is 349 Å². The maximum absolute atomic E-state index is 6.59. The van der Waals surface area contributed by atoms with E-state index in [1.54, 1.807) is 0 Å². The molecule has 1 heterocycles. The fourth-order valence-electron chi connectivity index (χ4n) is 8.69. The van der Waals surface area contributed by atoms with Crippen LogP contribution in [0.25, 0.3) is 88.3 Å². The van der Waals surface area contributed by atoms with Crippen molar-refractivity contribution in [2.24, 2.45) is 0 Å². The summed E-state index contributed by atoms with van der Waals surface area (Å²) < 4.78 is 6.59. The lowest BCUT2D eigenvalue weighted by molar-refractivity contribution is 0.632. The van der Waals surface area contributed by atoms with E-state index in [1.165, 1.54) is 43.8 Å². The third-order valence-corrected chi connectivity index (χ3v) is 11.7. The Balaban J connectivity index is 0.985. The Morgan fingerprint density at radius 1 is 0.283 bits per heavy atom. The van der Waals surface area contributed by atoms with Gasteiger partial charge in [0.05, 0.1) is 0 Å². The summed E-state index contributed by atoms with van der Waals surface area (Å²) in [5, 5.41) is 6.08. The Hall–Kier alpha value is -7.94. The Morgan fingerprint density at radius 3 is 1.63 bits per heavy atom. The molecule has 0 bridgehead atoms. The number of hydrogen-bond acceptors (Lipinski definition) is 2. The van der Waals surface area contributed by atoms with Crippen LogP contribution in [0.15, 0.2) is 241 Å². The van der Waals surface area contributed by atoms with Crippen LogP contribution < -0.4 is 4.90 Å². The van der Waals surface area contributed by atoms with Gasteiger partial charge in [-0.1, -0.05) is 182 Å². The van der Waals surface area contributed by atoms with Crippen molar-refractivity contribution in [2.75, 3.05) is 4.90 Å². The van der Waals surface area contributed by atoms with Gasteiger partial charge in [-0.3, -0.25) is 0 Å². The summed E-state index contributed by atoms with van der Waals surface area (Å²) in [7, 11) is 0. The predicted molar refractivity (Wildman–Crippen MR) is 253 cm³/mol. The SMILES string of the molecule is c1ccc(-c2c(-c3cccc(-c4ccc(N(c5ccc(-c6cccc7ccccc67)cc5)c5cccc(-c6ccc7ccccc7c6)c5)cc4)c3)oc3ccccc23)cc1. The van der Waals surface area contributed by atoms with Crippen molar-refractivity contribution >= 4 is 49.6 Å². The first kappa shape index (κ1) is 35.2. The quantitative estimate of drug-likeness (QED) is 0.153. The highest BCUT2D eigenvalue weighted by molar-refractivity contribution is 6.02. The molecule has 0 unspecified atom stereocenters. The molecule has 0 aliphatic rings. The number of rotatable bonds is 8. The average Bonchev–Trinajstić information content (AvgIpc) is 3.72. The minimum Gasteiger partial charge on any atom is -0.455 e. The molecule has 0 saturated carbocycles. The molecule has 60 heavy (non-hydrogen) atoms. The van der Waals surface area contributed by atoms with E-state index in [4.69, 9.17) is 4.42 Å². The Bertz CT molecular complexity index is 3300. The summed E-state index contributed by atoms with van der Waals surface area (Å²) >= 11 is 0. The second-order valence-corrected chi connectivity index (χ2v) is 15.3. The molecule has 0 saturated heterocycles. The highest BCUT2D eigenvalue weighted by Gasteiger charge is 2.19. The third kappa shape index (κ3) is 6.51. The van der Waals surface area contributed by atoms with Crippen LogP contribution in [-0.4, -0.2) is 0 Å². The number of benzene rings is 10. The molecular weight excluding hydrogens is 727 g/mol. The highest BCUT2D eigenvalue weighted by atomic mass is 16.3. The zero-order valence-corrected chi connectivity index (χ0v) is 32.9. The van der Waals surface area contributed by atoms with E-state index in [9.17, 15) is 0 Å². The van der Waals surface area contributed by atoms with Gasteiger partial charge in [0.2, 0.25) is 0 Å². The van der Waals surface area contributed by atoms with Crippen LogP contribution in [-0.2, 0) is 0 Å². The van der Waals surface area contributed by atoms with Crippen LogP contribution >= 0.6 is 0 Å². The fraction of sp³-hybridized carbons (Fsp3) is 0. The van der Waals surface area contributed by atoms with Crippen molar-refractivity contribution in [3.63, 3.8) is 0 Å². The molecule has 1 aromatic heterocycles. The summed E-state index contributed by atoms with van der Waals surface area (Å²) in [5.41, 5.74) is 14.5. The molecule has 0 radical (unpaired) electrons. The van der Waals surface area contributed by atoms with Gasteiger partial charge in [0.25, 0.3) is 0 Å². The fourth-order valence-corrected chi connectivity index (χ4v) is 8.69. The molecule has 0 amide bonds. The van der Waals surface area contributed by atoms with Crippen molar-refractivity contribution in [1.82, 2.24) is 0 Å². The maximum atomic E-state index is 6.59. The lowest BCUT2D eigenvalue weighted by Gasteiger charge is -2.26. The van der Waals surface area contributed by atoms with Gasteiger partial charge in [0.1, 0.15) is 11.3 Å². The van der Waals surface area contributed by atoms with Crippen molar-refractivity contribution in [3.05, 3.63) is 237 Å². The number of anilines is 3. The maximum Gasteiger partial charge on any atom is 0.143 e. The molecule has 2 heteroatoms. The normalized spacial score (nSPS) is 11.3. The number of para-hydroxylation sites is 1. The van der Waals surface area contributed by atoms with Gasteiger partial charge >= 0.3 is 0 Å². The van der Waals surface area contributed by atoms with Crippen LogP contribution in [0.4, 0.5) is 17.1 Å². The summed E-state index contributed by atoms with van der Waals surface area (Å²) in [6, 6.07) is 84.8. The average molecular weight is 766 g/mol. The van der Waals surface area contributed by atoms with Crippen molar-refractivity contribution in [2.45, 2.75) is 0 Å². The summed E-state index contributed by atoms with van der Waals surface area (Å²) in [4.78, 5) is 2.36. The van der Waals surface area contributed by atoms with Crippen LogP contribution in [0, 0.1) is 0 Å². The van der Waals surface area contributed by atoms with E-state index >= 15 is 0 Å². The summed E-state index contributed by atoms with van der Waals surface area (Å²) in [5.74, 6) is 0.880. The monoisotopic (exact) mass is 765 g/mol. The van der Waals surface area contributed by atoms with Gasteiger partial charge in [0.15, 0.2) is 0 Å². The largest absolute Gasteiger partial charge is 0.455 e. The number of nitrogens with zero attached hydrogens (tertiary/aromatic N) is 1. The first-order valence-electron chi connectivity index (χ1n) is 20.5. The van der Waals surface area contributed by atoms with Gasteiger partial charge in [-0.25, -0.2) is 0 Å². The zero-order chi connectivity index (χ0) is 39.8. The minimum absolute atomic E-state index is 0.880. The van der Waals surface area contributed by atoms with Crippen LogP contribution in [0.3, 0.4) is 0 Å². The lowest BCUT2D eigenvalue weighted by Crippen LogP contribution is -2.10. The molecule has 0 aliphatic heterocycles. The van der Waals surface area contributed by atoms with E-state index in [0.29, 0.717) is 0 Å². The molecule has 11 aromatic rings. The Morgan fingerprint density at radius 2 is 0.833 bits per heavy atom. The Kier molecular flexibility index (Phi) is 8.87. The molecule has 2 nitrogen and oxygen atoms in total. The topological polar surface area (TPSA) is 16.4 Å². The summed E-state index contributed by atoms with van der Waals surface area (Å²) in [6.45, 7) is 0. The highest BCUT2D eigenvalue weighted by Crippen LogP contribution is 2.43. The molecule has 0 atom stereocenters. The standard InChI is InChI=1S/C58H39NO/c1-2-15-44(16-3-1)57-55-24-8-9-26-56(55)60-58(57)49-21-10-19-46(38-49)41-29-33-50(34-30-41)59(51-35-31-43(32-36-51)54-25-12-18-42-14-6-7-23-53(42)54)52-22-11-20-47(39-52)48-28-27-40-13-4-5-17-45(40)37-48/h1-39H. The first-order chi connectivity index (χ1) is 29.7. The molecule has 282 valence electrons. The van der Waals surface area contributed by atoms with E-state index < -0.39 is 0 Å². The van der Waals surface area contributed by atoms with Crippen molar-refractivity contribution in [1.29, 1.82) is 0 Å². The van der Waals surface area contributed by atoms with Gasteiger partial charge < -0.3 is 9.32 Å². The van der Waals surface area contributed by atoms with Crippen molar-refractivity contribution < 1.29 is 4.42 Å². The molecule has 0 N–H and O–H groups in total. The smallest absolute Gasteiger partial charge is 0.143 e. The van der Waals surface area contributed by atoms with Crippen LogP contribution in [0.1, 0.15) is 0 Å².